The molecule has 0 spiro atoms. The number of nitrogens with zero attached hydrogens (tertiary/aromatic N) is 8. The average Bonchev–Trinajstić information content (AvgIpc) is 3.80. The van der Waals surface area contributed by atoms with Crippen molar-refractivity contribution in [2.75, 3.05) is 56.2 Å². The van der Waals surface area contributed by atoms with Gasteiger partial charge >= 0.3 is 5.97 Å². The molecule has 330 valence electrons. The summed E-state index contributed by atoms with van der Waals surface area (Å²) < 4.78 is 24.0. The molecule has 1 aromatic carbocycles. The molecule has 5 aliphatic rings. The number of aromatic nitrogens is 6. The first kappa shape index (κ1) is 42.7. The maximum absolute atomic E-state index is 14.4. The number of aliphatic hydroxyl groups excluding tert-OH is 2. The third-order valence-electron chi connectivity index (χ3n) is 13.9. The lowest BCUT2D eigenvalue weighted by molar-refractivity contribution is -0.248. The minimum atomic E-state index is -1.12. The molecule has 0 saturated heterocycles. The number of carboxylic acid groups (broad SMARTS) is 1. The molecule has 5 heterocycles. The van der Waals surface area contributed by atoms with Crippen molar-refractivity contribution in [2.24, 2.45) is 16.2 Å². The first-order chi connectivity index (χ1) is 29.7. The minimum absolute atomic E-state index is 0.0139. The Kier molecular flexibility index (Phi) is 11.4. The van der Waals surface area contributed by atoms with E-state index in [1.807, 2.05) is 30.9 Å². The maximum atomic E-state index is 14.4. The van der Waals surface area contributed by atoms with Gasteiger partial charge in [-0.2, -0.15) is 5.10 Å². The predicted octanol–water partition coefficient (Wildman–Crippen LogP) is 7.83. The van der Waals surface area contributed by atoms with Crippen LogP contribution in [0.4, 0.5) is 27.0 Å². The van der Waals surface area contributed by atoms with Gasteiger partial charge < -0.3 is 35.2 Å². The highest BCUT2D eigenvalue weighted by molar-refractivity contribution is 7.22. The summed E-state index contributed by atoms with van der Waals surface area (Å²) in [6, 6.07) is 8.55. The zero-order chi connectivity index (χ0) is 43.4. The van der Waals surface area contributed by atoms with E-state index >= 15 is 0 Å². The fourth-order valence-electron chi connectivity index (χ4n) is 12.6. The Hall–Kier alpha value is -4.61. The van der Waals surface area contributed by atoms with Crippen LogP contribution in [-0.2, 0) is 17.7 Å². The topological polar surface area (TPSA) is 175 Å². The molecule has 4 N–H and O–H groups in total. The van der Waals surface area contributed by atoms with E-state index in [0.717, 1.165) is 93.5 Å². The van der Waals surface area contributed by atoms with Gasteiger partial charge in [0, 0.05) is 73.9 Å². The van der Waals surface area contributed by atoms with Crippen molar-refractivity contribution in [1.82, 2.24) is 34.8 Å². The third-order valence-corrected chi connectivity index (χ3v) is 14.9. The number of carbonyl (C=O) groups is 1. The van der Waals surface area contributed by atoms with Gasteiger partial charge in [0.1, 0.15) is 11.6 Å². The summed E-state index contributed by atoms with van der Waals surface area (Å²) in [5.41, 5.74) is 4.67. The number of rotatable bonds is 17. The quantitative estimate of drug-likeness (QED) is 0.0713. The van der Waals surface area contributed by atoms with Crippen molar-refractivity contribution >= 4 is 50.1 Å². The number of nitrogens with one attached hydrogen (secondary N) is 1. The number of anilines is 4. The number of aliphatic hydroxyl groups is 2. The summed E-state index contributed by atoms with van der Waals surface area (Å²) in [5.74, 6) is 0.225. The molecule has 14 nitrogen and oxygen atoms in total. The first-order valence-electron chi connectivity index (χ1n) is 22.0. The number of pyridine rings is 1. The Morgan fingerprint density at radius 1 is 0.952 bits per heavy atom. The Balaban J connectivity index is 0.945. The van der Waals surface area contributed by atoms with Gasteiger partial charge in [-0.1, -0.05) is 31.3 Å². The molecule has 4 bridgehead atoms. The summed E-state index contributed by atoms with van der Waals surface area (Å²) in [4.78, 5) is 26.5. The summed E-state index contributed by atoms with van der Waals surface area (Å²) >= 11 is 1.22. The number of halogens is 1. The summed E-state index contributed by atoms with van der Waals surface area (Å²) in [5, 5.41) is 47.3. The SMILES string of the molecule is Cc1c(Nc2nc3cccc(F)c3s2)nnc2c1CCCN2c1ccc(-c2cnn(CC34CC5(C)CC(C)(C3)CC(OCCN(CCCO)CCCO)(C5)C4)c2C)c(C(=O)O)n1. The summed E-state index contributed by atoms with van der Waals surface area (Å²) in [6.07, 6.45) is 11.2. The number of ether oxygens (including phenoxy) is 1. The Morgan fingerprint density at radius 3 is 2.42 bits per heavy atom. The van der Waals surface area contributed by atoms with Crippen molar-refractivity contribution < 1.29 is 29.2 Å². The molecule has 0 amide bonds. The highest BCUT2D eigenvalue weighted by Gasteiger charge is 2.66. The molecule has 4 aromatic heterocycles. The molecule has 10 rings (SSSR count). The van der Waals surface area contributed by atoms with Gasteiger partial charge in [0.15, 0.2) is 22.5 Å². The van der Waals surface area contributed by atoms with Crippen LogP contribution >= 0.6 is 11.3 Å². The number of hydrogen-bond donors (Lipinski definition) is 4. The van der Waals surface area contributed by atoms with E-state index in [1.54, 1.807) is 18.3 Å². The lowest BCUT2D eigenvalue weighted by atomic mass is 9.39. The number of benzene rings is 1. The molecular weight excluding hydrogens is 810 g/mol. The molecule has 62 heavy (non-hydrogen) atoms. The second kappa shape index (κ2) is 16.5. The molecule has 4 fully saturated rings. The smallest absolute Gasteiger partial charge is 0.355 e. The number of fused-ring (bicyclic) bond motifs is 2. The third kappa shape index (κ3) is 8.08. The Bertz CT molecular complexity index is 2470. The van der Waals surface area contributed by atoms with Gasteiger partial charge in [-0.15, -0.1) is 10.2 Å². The lowest BCUT2D eigenvalue weighted by Crippen LogP contribution is -2.64. The van der Waals surface area contributed by atoms with Crippen LogP contribution in [0.25, 0.3) is 21.3 Å². The van der Waals surface area contributed by atoms with Crippen molar-refractivity contribution in [1.29, 1.82) is 0 Å². The number of aromatic carboxylic acids is 1. The van der Waals surface area contributed by atoms with Crippen molar-refractivity contribution in [3.8, 4) is 11.1 Å². The van der Waals surface area contributed by atoms with E-state index in [9.17, 15) is 24.5 Å². The largest absolute Gasteiger partial charge is 0.476 e. The highest BCUT2D eigenvalue weighted by atomic mass is 32.1. The van der Waals surface area contributed by atoms with E-state index in [4.69, 9.17) is 14.8 Å². The van der Waals surface area contributed by atoms with Crippen LogP contribution in [0.1, 0.15) is 98.9 Å². The Morgan fingerprint density at radius 2 is 1.71 bits per heavy atom. The van der Waals surface area contributed by atoms with Crippen LogP contribution in [0.15, 0.2) is 36.5 Å². The van der Waals surface area contributed by atoms with E-state index in [0.29, 0.717) is 64.4 Å². The van der Waals surface area contributed by atoms with Gasteiger partial charge in [-0.25, -0.2) is 19.2 Å². The fourth-order valence-corrected chi connectivity index (χ4v) is 13.5. The van der Waals surface area contributed by atoms with Crippen LogP contribution < -0.4 is 10.2 Å². The van der Waals surface area contributed by atoms with Gasteiger partial charge in [0.05, 0.1) is 28.6 Å². The number of thiazole rings is 1. The van der Waals surface area contributed by atoms with E-state index < -0.39 is 5.97 Å². The Labute approximate surface area is 365 Å². The second-order valence-corrected chi connectivity index (χ2v) is 20.3. The van der Waals surface area contributed by atoms with Gasteiger partial charge in [-0.3, -0.25) is 4.68 Å². The van der Waals surface area contributed by atoms with Crippen molar-refractivity contribution in [2.45, 2.75) is 104 Å². The molecule has 2 unspecified atom stereocenters. The number of hydrogen-bond acceptors (Lipinski definition) is 13. The van der Waals surface area contributed by atoms with E-state index in [2.05, 4.69) is 43.9 Å². The molecular formula is C46H58FN9O5S. The average molecular weight is 868 g/mol. The highest BCUT2D eigenvalue weighted by Crippen LogP contribution is 2.72. The zero-order valence-corrected chi connectivity index (χ0v) is 37.0. The molecule has 1 aliphatic heterocycles. The first-order valence-corrected chi connectivity index (χ1v) is 22.9. The summed E-state index contributed by atoms with van der Waals surface area (Å²) in [7, 11) is 0. The van der Waals surface area contributed by atoms with Gasteiger partial charge in [0.25, 0.3) is 0 Å². The molecule has 0 radical (unpaired) electrons. The van der Waals surface area contributed by atoms with Crippen LogP contribution in [-0.4, -0.2) is 108 Å². The molecule has 4 saturated carbocycles. The van der Waals surface area contributed by atoms with Gasteiger partial charge in [-0.05, 0) is 119 Å². The number of carboxylic acids is 1. The lowest BCUT2D eigenvalue weighted by Gasteiger charge is -2.69. The molecule has 16 heteroatoms. The monoisotopic (exact) mass is 867 g/mol. The fraction of sp³-hybridized carbons (Fsp3) is 0.565. The molecule has 2 atom stereocenters. The van der Waals surface area contributed by atoms with Crippen molar-refractivity contribution in [3.63, 3.8) is 0 Å². The normalized spacial score (nSPS) is 25.3. The van der Waals surface area contributed by atoms with E-state index in [-0.39, 0.29) is 46.6 Å². The second-order valence-electron chi connectivity index (χ2n) is 19.3. The van der Waals surface area contributed by atoms with Crippen molar-refractivity contribution in [3.05, 3.63) is 64.9 Å². The molecule has 4 aliphatic carbocycles. The maximum Gasteiger partial charge on any atom is 0.355 e. The molecule has 5 aromatic rings. The van der Waals surface area contributed by atoms with Crippen LogP contribution in [0, 0.1) is 35.9 Å². The van der Waals surface area contributed by atoms with Gasteiger partial charge in [0.2, 0.25) is 0 Å². The summed E-state index contributed by atoms with van der Waals surface area (Å²) in [6.45, 7) is 13.5. The van der Waals surface area contributed by atoms with Crippen LogP contribution in [0.5, 0.6) is 0 Å². The van der Waals surface area contributed by atoms with E-state index in [1.165, 1.54) is 23.8 Å². The van der Waals surface area contributed by atoms with Crippen LogP contribution in [0.3, 0.4) is 0 Å². The minimum Gasteiger partial charge on any atom is -0.476 e. The zero-order valence-electron chi connectivity index (χ0n) is 36.2. The standard InChI is InChI=1S/C46H58FN9O5S/c1-29-31-9-6-16-55(40(31)53-52-39(29)51-42-49-35-11-5-10-34(47)38(35)62-42)36-13-12-32(37(50-36)41(59)60)33-21-48-56(30(33)2)28-45-23-43(3)22-44(4,24-45)26-46(25-43,27-45)61-20-17-54(14-7-18-57)15-8-19-58/h5,10-13,21,57-58H,6-9,14-20,22-28H2,1-4H3,(H,59,60)(H,49,51,52). The predicted molar refractivity (Wildman–Crippen MR) is 237 cm³/mol. The van der Waals surface area contributed by atoms with Crippen LogP contribution in [0.2, 0.25) is 0 Å².